The molecule has 0 spiro atoms. The molecule has 0 saturated carbocycles. The van der Waals surface area contributed by atoms with Crippen LogP contribution in [-0.4, -0.2) is 25.1 Å². The molecule has 5 nitrogen and oxygen atoms in total. The van der Waals surface area contributed by atoms with Crippen molar-refractivity contribution in [3.63, 3.8) is 0 Å². The summed E-state index contributed by atoms with van der Waals surface area (Å²) in [5.74, 6) is -0.361. The Morgan fingerprint density at radius 1 is 1.10 bits per heavy atom. The van der Waals surface area contributed by atoms with Gasteiger partial charge in [-0.25, -0.2) is 4.79 Å². The highest BCUT2D eigenvalue weighted by molar-refractivity contribution is 7.15. The highest BCUT2D eigenvalue weighted by Crippen LogP contribution is 2.37. The molecule has 0 bridgehead atoms. The summed E-state index contributed by atoms with van der Waals surface area (Å²) in [5.41, 5.74) is 4.19. The van der Waals surface area contributed by atoms with Gasteiger partial charge in [0.25, 0.3) is 5.91 Å². The summed E-state index contributed by atoms with van der Waals surface area (Å²) in [7, 11) is 0. The van der Waals surface area contributed by atoms with Crippen LogP contribution in [0, 0.1) is 13.8 Å². The molecule has 2 aromatic carbocycles. The SMILES string of the molecule is CCOC(=O)c1c(-c2ccc(C)cc2C)csc1NC(=O)COc1cccc(Cl)c1. The molecule has 3 aromatic rings. The highest BCUT2D eigenvalue weighted by Gasteiger charge is 2.23. The van der Waals surface area contributed by atoms with Crippen LogP contribution < -0.4 is 10.1 Å². The number of nitrogens with one attached hydrogen (secondary N) is 1. The standard InChI is InChI=1S/C23H22ClNO4S/c1-4-28-23(27)21-19(18-9-8-14(2)10-15(18)3)13-30-22(21)25-20(26)12-29-17-7-5-6-16(24)11-17/h5-11,13H,4,12H2,1-3H3,(H,25,26). The van der Waals surface area contributed by atoms with Crippen LogP contribution >= 0.6 is 22.9 Å². The highest BCUT2D eigenvalue weighted by atomic mass is 35.5. The van der Waals surface area contributed by atoms with E-state index in [1.165, 1.54) is 11.3 Å². The summed E-state index contributed by atoms with van der Waals surface area (Å²) in [6.07, 6.45) is 0. The van der Waals surface area contributed by atoms with Crippen molar-refractivity contribution in [3.05, 3.63) is 69.6 Å². The van der Waals surface area contributed by atoms with Crippen LogP contribution in [0.3, 0.4) is 0 Å². The minimum Gasteiger partial charge on any atom is -0.484 e. The quantitative estimate of drug-likeness (QED) is 0.463. The Morgan fingerprint density at radius 3 is 2.60 bits per heavy atom. The minimum atomic E-state index is -0.472. The van der Waals surface area contributed by atoms with Gasteiger partial charge in [-0.05, 0) is 50.1 Å². The van der Waals surface area contributed by atoms with Crippen molar-refractivity contribution in [2.45, 2.75) is 20.8 Å². The van der Waals surface area contributed by atoms with Crippen molar-refractivity contribution < 1.29 is 19.1 Å². The van der Waals surface area contributed by atoms with Gasteiger partial charge >= 0.3 is 5.97 Å². The van der Waals surface area contributed by atoms with Crippen LogP contribution in [0.25, 0.3) is 11.1 Å². The molecule has 30 heavy (non-hydrogen) atoms. The number of hydrogen-bond acceptors (Lipinski definition) is 5. The first-order chi connectivity index (χ1) is 14.4. The lowest BCUT2D eigenvalue weighted by Crippen LogP contribution is -2.21. The van der Waals surface area contributed by atoms with Gasteiger partial charge in [0, 0.05) is 16.0 Å². The predicted molar refractivity (Wildman–Crippen MR) is 121 cm³/mol. The van der Waals surface area contributed by atoms with Gasteiger partial charge in [0.2, 0.25) is 0 Å². The maximum Gasteiger partial charge on any atom is 0.341 e. The fourth-order valence-electron chi connectivity index (χ4n) is 3.04. The Bertz CT molecular complexity index is 1080. The number of benzene rings is 2. The smallest absolute Gasteiger partial charge is 0.341 e. The Labute approximate surface area is 184 Å². The molecular weight excluding hydrogens is 422 g/mol. The van der Waals surface area contributed by atoms with Gasteiger partial charge in [-0.3, -0.25) is 4.79 Å². The fourth-order valence-corrected chi connectivity index (χ4v) is 4.18. The van der Waals surface area contributed by atoms with Gasteiger partial charge < -0.3 is 14.8 Å². The second-order valence-electron chi connectivity index (χ2n) is 6.69. The van der Waals surface area contributed by atoms with E-state index in [4.69, 9.17) is 21.1 Å². The molecule has 0 fully saturated rings. The van der Waals surface area contributed by atoms with Gasteiger partial charge in [-0.1, -0.05) is 41.4 Å². The van der Waals surface area contributed by atoms with E-state index >= 15 is 0 Å². The topological polar surface area (TPSA) is 64.6 Å². The number of anilines is 1. The summed E-state index contributed by atoms with van der Waals surface area (Å²) >= 11 is 7.21. The lowest BCUT2D eigenvalue weighted by Gasteiger charge is -2.11. The van der Waals surface area contributed by atoms with Gasteiger partial charge in [0.1, 0.15) is 16.3 Å². The van der Waals surface area contributed by atoms with E-state index in [0.29, 0.717) is 21.3 Å². The molecule has 0 radical (unpaired) electrons. The summed E-state index contributed by atoms with van der Waals surface area (Å²) in [4.78, 5) is 25.1. The monoisotopic (exact) mass is 443 g/mol. The number of halogens is 1. The van der Waals surface area contributed by atoms with E-state index in [-0.39, 0.29) is 19.1 Å². The Kier molecular flexibility index (Phi) is 7.13. The van der Waals surface area contributed by atoms with Gasteiger partial charge in [-0.2, -0.15) is 0 Å². The van der Waals surface area contributed by atoms with E-state index in [1.807, 2.05) is 31.4 Å². The zero-order valence-electron chi connectivity index (χ0n) is 17.0. The molecule has 1 heterocycles. The van der Waals surface area contributed by atoms with E-state index in [1.54, 1.807) is 31.2 Å². The average molecular weight is 444 g/mol. The van der Waals surface area contributed by atoms with Crippen molar-refractivity contribution in [3.8, 4) is 16.9 Å². The Balaban J connectivity index is 1.84. The van der Waals surface area contributed by atoms with Crippen LogP contribution in [0.5, 0.6) is 5.75 Å². The van der Waals surface area contributed by atoms with Crippen molar-refractivity contribution >= 4 is 39.8 Å². The first-order valence-electron chi connectivity index (χ1n) is 9.43. The molecule has 1 amide bonds. The summed E-state index contributed by atoms with van der Waals surface area (Å²) < 4.78 is 10.7. The third-order valence-electron chi connectivity index (χ3n) is 4.36. The first kappa shape index (κ1) is 21.9. The summed E-state index contributed by atoms with van der Waals surface area (Å²) in [5, 5.41) is 5.59. The predicted octanol–water partition coefficient (Wildman–Crippen LogP) is 5.88. The van der Waals surface area contributed by atoms with Crippen molar-refractivity contribution in [1.82, 2.24) is 0 Å². The number of hydrogen-bond donors (Lipinski definition) is 1. The number of thiophene rings is 1. The largest absolute Gasteiger partial charge is 0.484 e. The Morgan fingerprint density at radius 2 is 1.90 bits per heavy atom. The third kappa shape index (κ3) is 5.20. The van der Waals surface area contributed by atoms with Crippen molar-refractivity contribution in [2.24, 2.45) is 0 Å². The first-order valence-corrected chi connectivity index (χ1v) is 10.7. The lowest BCUT2D eigenvalue weighted by molar-refractivity contribution is -0.118. The van der Waals surface area contributed by atoms with E-state index in [2.05, 4.69) is 11.4 Å². The van der Waals surface area contributed by atoms with Crippen LogP contribution in [0.2, 0.25) is 5.02 Å². The lowest BCUT2D eigenvalue weighted by atomic mass is 9.97. The number of carbonyl (C=O) groups excluding carboxylic acids is 2. The number of rotatable bonds is 7. The zero-order chi connectivity index (χ0) is 21.7. The second-order valence-corrected chi connectivity index (χ2v) is 8.00. The van der Waals surface area contributed by atoms with Crippen molar-refractivity contribution in [1.29, 1.82) is 0 Å². The molecule has 0 saturated heterocycles. The molecular formula is C23H22ClNO4S. The van der Waals surface area contributed by atoms with Crippen LogP contribution in [-0.2, 0) is 9.53 Å². The number of carbonyl (C=O) groups is 2. The van der Waals surface area contributed by atoms with Crippen LogP contribution in [0.1, 0.15) is 28.4 Å². The molecule has 0 aliphatic carbocycles. The number of ether oxygens (including phenoxy) is 2. The maximum atomic E-state index is 12.7. The molecule has 3 rings (SSSR count). The molecule has 1 N–H and O–H groups in total. The van der Waals surface area contributed by atoms with Crippen LogP contribution in [0.15, 0.2) is 47.8 Å². The molecule has 1 aromatic heterocycles. The van der Waals surface area contributed by atoms with Gasteiger partial charge in [-0.15, -0.1) is 11.3 Å². The Hall–Kier alpha value is -2.83. The fraction of sp³-hybridized carbons (Fsp3) is 0.217. The average Bonchev–Trinajstić information content (AvgIpc) is 3.10. The number of aryl methyl sites for hydroxylation is 2. The van der Waals surface area contributed by atoms with Crippen LogP contribution in [0.4, 0.5) is 5.00 Å². The second kappa shape index (κ2) is 9.78. The van der Waals surface area contributed by atoms with E-state index in [0.717, 1.165) is 22.3 Å². The summed E-state index contributed by atoms with van der Waals surface area (Å²) in [6.45, 7) is 5.79. The minimum absolute atomic E-state index is 0.209. The summed E-state index contributed by atoms with van der Waals surface area (Å²) in [6, 6.07) is 12.8. The number of amides is 1. The van der Waals surface area contributed by atoms with E-state index < -0.39 is 5.97 Å². The third-order valence-corrected chi connectivity index (χ3v) is 5.49. The number of esters is 1. The molecule has 0 aliphatic heterocycles. The normalized spacial score (nSPS) is 10.5. The molecule has 0 atom stereocenters. The maximum absolute atomic E-state index is 12.7. The van der Waals surface area contributed by atoms with Gasteiger partial charge in [0.15, 0.2) is 6.61 Å². The van der Waals surface area contributed by atoms with Gasteiger partial charge in [0.05, 0.1) is 6.61 Å². The van der Waals surface area contributed by atoms with Crippen molar-refractivity contribution in [2.75, 3.05) is 18.5 Å². The molecule has 156 valence electrons. The zero-order valence-corrected chi connectivity index (χ0v) is 18.5. The van der Waals surface area contributed by atoms with E-state index in [9.17, 15) is 9.59 Å². The molecule has 0 aliphatic rings. The molecule has 7 heteroatoms. The molecule has 0 unspecified atom stereocenters.